The molecule has 0 aliphatic rings. The van der Waals surface area contributed by atoms with Gasteiger partial charge in [-0.1, -0.05) is 23.2 Å². The molecule has 0 bridgehead atoms. The summed E-state index contributed by atoms with van der Waals surface area (Å²) in [5.74, 6) is -2.90. The van der Waals surface area contributed by atoms with Gasteiger partial charge < -0.3 is 5.32 Å². The van der Waals surface area contributed by atoms with E-state index in [1.54, 1.807) is 0 Å². The first-order chi connectivity index (χ1) is 8.25. The van der Waals surface area contributed by atoms with Crippen LogP contribution in [0.2, 0.25) is 10.0 Å². The Bertz CT molecular complexity index is 459. The van der Waals surface area contributed by atoms with Crippen LogP contribution in [0, 0.1) is 23.1 Å². The number of nitrogens with zero attached hydrogens (tertiary/aromatic N) is 1. The summed E-state index contributed by atoms with van der Waals surface area (Å²) in [6.07, 6.45) is -4.65. The third-order valence-corrected chi connectivity index (χ3v) is 2.64. The first kappa shape index (κ1) is 14.9. The van der Waals surface area contributed by atoms with E-state index in [4.69, 9.17) is 28.5 Å². The fourth-order valence-electron chi connectivity index (χ4n) is 1.15. The van der Waals surface area contributed by atoms with Gasteiger partial charge in [-0.2, -0.15) is 18.4 Å². The van der Waals surface area contributed by atoms with Gasteiger partial charge in [0, 0.05) is 6.54 Å². The number of hydrogen-bond acceptors (Lipinski definition) is 2. The van der Waals surface area contributed by atoms with E-state index in [1.165, 1.54) is 0 Å². The van der Waals surface area contributed by atoms with Gasteiger partial charge in [0.25, 0.3) is 0 Å². The zero-order valence-corrected chi connectivity index (χ0v) is 10.2. The summed E-state index contributed by atoms with van der Waals surface area (Å²) in [4.78, 5) is 0. The van der Waals surface area contributed by atoms with Gasteiger partial charge in [0.15, 0.2) is 5.92 Å². The van der Waals surface area contributed by atoms with E-state index in [9.17, 15) is 17.6 Å². The predicted molar refractivity (Wildman–Crippen MR) is 60.1 cm³/mol. The summed E-state index contributed by atoms with van der Waals surface area (Å²) in [6, 6.07) is 2.93. The highest BCUT2D eigenvalue weighted by Crippen LogP contribution is 2.33. The summed E-state index contributed by atoms with van der Waals surface area (Å²) in [5.41, 5.74) is -0.0377. The molecule has 1 aromatic rings. The summed E-state index contributed by atoms with van der Waals surface area (Å²) in [6.45, 7) is -0.717. The van der Waals surface area contributed by atoms with Gasteiger partial charge in [-0.25, -0.2) is 4.39 Å². The van der Waals surface area contributed by atoms with Gasteiger partial charge >= 0.3 is 6.18 Å². The lowest BCUT2D eigenvalue weighted by Gasteiger charge is -2.16. The molecule has 2 nitrogen and oxygen atoms in total. The third-order valence-electron chi connectivity index (χ3n) is 2.04. The average Bonchev–Trinajstić information content (AvgIpc) is 2.19. The summed E-state index contributed by atoms with van der Waals surface area (Å²) >= 11 is 11.2. The van der Waals surface area contributed by atoms with Gasteiger partial charge in [0.05, 0.1) is 21.8 Å². The summed E-state index contributed by atoms with van der Waals surface area (Å²) in [7, 11) is 0. The van der Waals surface area contributed by atoms with Gasteiger partial charge in [-0.05, 0) is 12.1 Å². The minimum Gasteiger partial charge on any atom is -0.381 e. The molecule has 1 N–H and O–H groups in total. The van der Waals surface area contributed by atoms with Gasteiger partial charge in [-0.15, -0.1) is 0 Å². The lowest BCUT2D eigenvalue weighted by Crippen LogP contribution is -2.28. The Morgan fingerprint density at radius 1 is 1.28 bits per heavy atom. The Morgan fingerprint density at radius 3 is 2.17 bits per heavy atom. The Kier molecular flexibility index (Phi) is 4.65. The Hall–Kier alpha value is -1.19. The monoisotopic (exact) mass is 300 g/mol. The van der Waals surface area contributed by atoms with Gasteiger partial charge in [0.1, 0.15) is 5.82 Å². The Morgan fingerprint density at radius 2 is 1.78 bits per heavy atom. The minimum absolute atomic E-state index is 0.0377. The lowest BCUT2D eigenvalue weighted by atomic mass is 10.1. The highest BCUT2D eigenvalue weighted by atomic mass is 35.5. The molecule has 0 aliphatic carbocycles. The molecule has 8 heteroatoms. The van der Waals surface area contributed by atoms with Crippen LogP contribution in [-0.2, 0) is 0 Å². The van der Waals surface area contributed by atoms with Crippen LogP contribution in [0.3, 0.4) is 0 Å². The van der Waals surface area contributed by atoms with Crippen LogP contribution in [0.4, 0.5) is 23.2 Å². The molecule has 1 unspecified atom stereocenters. The van der Waals surface area contributed by atoms with Gasteiger partial charge in [0.2, 0.25) is 0 Å². The molecule has 98 valence electrons. The molecule has 1 atom stereocenters. The standard InChI is InChI=1S/C10H6Cl2F4N2/c11-7-1-6(13)2-8(12)9(7)18-4-5(3-17)10(14,15)16/h1-2,5,18H,4H2. The number of nitriles is 1. The van der Waals surface area contributed by atoms with E-state index in [2.05, 4.69) is 5.32 Å². The van der Waals surface area contributed by atoms with E-state index < -0.39 is 24.5 Å². The molecule has 0 heterocycles. The van der Waals surface area contributed by atoms with Crippen molar-refractivity contribution in [2.45, 2.75) is 6.18 Å². The average molecular weight is 301 g/mol. The van der Waals surface area contributed by atoms with Crippen LogP contribution >= 0.6 is 23.2 Å². The number of benzene rings is 1. The maximum atomic E-state index is 12.8. The highest BCUT2D eigenvalue weighted by Gasteiger charge is 2.39. The molecular formula is C10H6Cl2F4N2. The quantitative estimate of drug-likeness (QED) is 0.847. The molecule has 0 aromatic heterocycles. The Labute approximate surface area is 110 Å². The van der Waals surface area contributed by atoms with E-state index >= 15 is 0 Å². The number of hydrogen-bond donors (Lipinski definition) is 1. The van der Waals surface area contributed by atoms with E-state index in [-0.39, 0.29) is 15.7 Å². The highest BCUT2D eigenvalue weighted by molar-refractivity contribution is 6.39. The zero-order valence-electron chi connectivity index (χ0n) is 8.65. The van der Waals surface area contributed by atoms with Gasteiger partial charge in [-0.3, -0.25) is 0 Å². The molecule has 1 aromatic carbocycles. The number of alkyl halides is 3. The van der Waals surface area contributed by atoms with Crippen molar-refractivity contribution in [3.8, 4) is 6.07 Å². The molecule has 0 fully saturated rings. The molecule has 0 radical (unpaired) electrons. The van der Waals surface area contributed by atoms with Crippen LogP contribution in [0.5, 0.6) is 0 Å². The van der Waals surface area contributed by atoms with E-state index in [0.717, 1.165) is 18.2 Å². The second kappa shape index (κ2) is 5.63. The molecule has 0 spiro atoms. The van der Waals surface area contributed by atoms with Crippen molar-refractivity contribution in [1.82, 2.24) is 0 Å². The van der Waals surface area contributed by atoms with Crippen molar-refractivity contribution < 1.29 is 17.6 Å². The lowest BCUT2D eigenvalue weighted by molar-refractivity contribution is -0.155. The largest absolute Gasteiger partial charge is 0.406 e. The molecule has 18 heavy (non-hydrogen) atoms. The number of rotatable bonds is 3. The first-order valence-electron chi connectivity index (χ1n) is 4.60. The van der Waals surface area contributed by atoms with Crippen LogP contribution in [-0.4, -0.2) is 12.7 Å². The van der Waals surface area contributed by atoms with Crippen LogP contribution in [0.15, 0.2) is 12.1 Å². The van der Waals surface area contributed by atoms with E-state index in [1.807, 2.05) is 0 Å². The fourth-order valence-corrected chi connectivity index (χ4v) is 1.74. The smallest absolute Gasteiger partial charge is 0.381 e. The topological polar surface area (TPSA) is 35.8 Å². The molecule has 0 amide bonds. The molecule has 0 saturated carbocycles. The number of anilines is 1. The minimum atomic E-state index is -4.65. The van der Waals surface area contributed by atoms with Crippen LogP contribution in [0.25, 0.3) is 0 Å². The van der Waals surface area contributed by atoms with Crippen molar-refractivity contribution in [1.29, 1.82) is 5.26 Å². The molecule has 0 aliphatic heterocycles. The molecular weight excluding hydrogens is 295 g/mol. The predicted octanol–water partition coefficient (Wildman–Crippen LogP) is 4.25. The van der Waals surface area contributed by atoms with Crippen molar-refractivity contribution in [3.63, 3.8) is 0 Å². The maximum absolute atomic E-state index is 12.8. The normalized spacial score (nSPS) is 12.9. The van der Waals surface area contributed by atoms with Crippen molar-refractivity contribution in [3.05, 3.63) is 28.0 Å². The van der Waals surface area contributed by atoms with Crippen molar-refractivity contribution in [2.24, 2.45) is 5.92 Å². The maximum Gasteiger partial charge on any atom is 0.406 e. The van der Waals surface area contributed by atoms with Crippen molar-refractivity contribution in [2.75, 3.05) is 11.9 Å². The number of nitrogens with one attached hydrogen (secondary N) is 1. The molecule has 1 rings (SSSR count). The Balaban J connectivity index is 2.85. The van der Waals surface area contributed by atoms with Crippen LogP contribution < -0.4 is 5.32 Å². The summed E-state index contributed by atoms with van der Waals surface area (Å²) < 4.78 is 49.7. The van der Waals surface area contributed by atoms with Crippen LogP contribution in [0.1, 0.15) is 0 Å². The number of halogens is 6. The summed E-state index contributed by atoms with van der Waals surface area (Å²) in [5, 5.41) is 10.4. The second-order valence-corrected chi connectivity index (χ2v) is 4.16. The second-order valence-electron chi connectivity index (χ2n) is 3.35. The fraction of sp³-hybridized carbons (Fsp3) is 0.300. The van der Waals surface area contributed by atoms with E-state index in [0.29, 0.717) is 0 Å². The molecule has 0 saturated heterocycles. The zero-order chi connectivity index (χ0) is 13.9. The third kappa shape index (κ3) is 3.65. The SMILES string of the molecule is N#CC(CNc1c(Cl)cc(F)cc1Cl)C(F)(F)F. The van der Waals surface area contributed by atoms with Crippen molar-refractivity contribution >= 4 is 28.9 Å². The first-order valence-corrected chi connectivity index (χ1v) is 5.36.